The summed E-state index contributed by atoms with van der Waals surface area (Å²) in [6, 6.07) is -0.0255. The van der Waals surface area contributed by atoms with E-state index in [1.165, 1.54) is 4.57 Å². The summed E-state index contributed by atoms with van der Waals surface area (Å²) in [6.07, 6.45) is 0. The van der Waals surface area contributed by atoms with Crippen LogP contribution in [-0.2, 0) is 4.74 Å². The van der Waals surface area contributed by atoms with Gasteiger partial charge in [0.15, 0.2) is 4.77 Å². The molecule has 0 spiro atoms. The highest BCUT2D eigenvalue weighted by Gasteiger charge is 2.18. The molecule has 1 aromatic rings. The normalized spacial score (nSPS) is 13.4. The van der Waals surface area contributed by atoms with Crippen LogP contribution in [0.25, 0.3) is 0 Å². The summed E-state index contributed by atoms with van der Waals surface area (Å²) in [5.74, 6) is 0.290. The maximum Gasteiger partial charge on any atom is 0.342 e. The Bertz CT molecular complexity index is 362. The topological polar surface area (TPSA) is 62.8 Å². The van der Waals surface area contributed by atoms with E-state index in [1.54, 1.807) is 7.11 Å². The van der Waals surface area contributed by atoms with Gasteiger partial charge in [0.1, 0.15) is 0 Å². The number of aromatic amines is 2. The number of hydrogen-bond acceptors (Lipinski definition) is 3. The maximum atomic E-state index is 11.4. The minimum atomic E-state index is -0.217. The zero-order chi connectivity index (χ0) is 10.7. The van der Waals surface area contributed by atoms with Gasteiger partial charge in [0.25, 0.3) is 0 Å². The van der Waals surface area contributed by atoms with Gasteiger partial charge in [-0.25, -0.2) is 9.89 Å². The lowest BCUT2D eigenvalue weighted by Gasteiger charge is -2.19. The molecule has 0 radical (unpaired) electrons. The monoisotopic (exact) mass is 217 g/mol. The van der Waals surface area contributed by atoms with Crippen molar-refractivity contribution in [3.8, 4) is 0 Å². The van der Waals surface area contributed by atoms with Crippen molar-refractivity contribution in [2.75, 3.05) is 13.7 Å². The molecule has 0 aliphatic rings. The summed E-state index contributed by atoms with van der Waals surface area (Å²) in [6.45, 7) is 4.53. The highest BCUT2D eigenvalue weighted by molar-refractivity contribution is 7.71. The van der Waals surface area contributed by atoms with Crippen LogP contribution in [0.1, 0.15) is 19.9 Å². The third-order valence-corrected chi connectivity index (χ3v) is 2.45. The van der Waals surface area contributed by atoms with Crippen LogP contribution in [-0.4, -0.2) is 28.5 Å². The fourth-order valence-corrected chi connectivity index (χ4v) is 1.63. The van der Waals surface area contributed by atoms with E-state index in [4.69, 9.17) is 17.0 Å². The summed E-state index contributed by atoms with van der Waals surface area (Å²) < 4.78 is 6.99. The average Bonchev–Trinajstić information content (AvgIpc) is 2.43. The van der Waals surface area contributed by atoms with Gasteiger partial charge in [0.2, 0.25) is 0 Å². The van der Waals surface area contributed by atoms with Crippen LogP contribution in [0, 0.1) is 10.7 Å². The van der Waals surface area contributed by atoms with Gasteiger partial charge in [-0.1, -0.05) is 13.8 Å². The lowest BCUT2D eigenvalue weighted by molar-refractivity contribution is 0.130. The Kier molecular flexibility index (Phi) is 3.65. The number of methoxy groups -OCH3 is 1. The predicted molar refractivity (Wildman–Crippen MR) is 56.0 cm³/mol. The molecular formula is C8H15N3O2S. The van der Waals surface area contributed by atoms with E-state index in [-0.39, 0.29) is 11.7 Å². The van der Waals surface area contributed by atoms with E-state index in [2.05, 4.69) is 10.2 Å². The second kappa shape index (κ2) is 4.56. The second-order valence-electron chi connectivity index (χ2n) is 3.50. The first-order valence-electron chi connectivity index (χ1n) is 4.46. The molecule has 5 nitrogen and oxygen atoms in total. The molecule has 0 fully saturated rings. The van der Waals surface area contributed by atoms with Crippen molar-refractivity contribution < 1.29 is 4.74 Å². The van der Waals surface area contributed by atoms with Crippen LogP contribution in [0.15, 0.2) is 4.79 Å². The van der Waals surface area contributed by atoms with Crippen molar-refractivity contribution in [3.05, 3.63) is 15.3 Å². The van der Waals surface area contributed by atoms with Crippen molar-refractivity contribution >= 4 is 12.2 Å². The van der Waals surface area contributed by atoms with E-state index in [0.717, 1.165) is 0 Å². The lowest BCUT2D eigenvalue weighted by atomic mass is 10.1. The van der Waals surface area contributed by atoms with Gasteiger partial charge in [-0.2, -0.15) is 0 Å². The number of hydrogen-bond donors (Lipinski definition) is 2. The van der Waals surface area contributed by atoms with E-state index in [0.29, 0.717) is 17.3 Å². The molecule has 0 bridgehead atoms. The Balaban J connectivity index is 3.11. The van der Waals surface area contributed by atoms with Gasteiger partial charge in [0, 0.05) is 7.11 Å². The predicted octanol–water partition coefficient (Wildman–Crippen LogP) is 1.08. The molecule has 0 aliphatic heterocycles. The van der Waals surface area contributed by atoms with Crippen molar-refractivity contribution in [2.24, 2.45) is 5.92 Å². The number of rotatable bonds is 4. The Morgan fingerprint density at radius 3 is 2.50 bits per heavy atom. The highest BCUT2D eigenvalue weighted by atomic mass is 32.1. The molecule has 0 aliphatic carbocycles. The molecule has 1 rings (SSSR count). The van der Waals surface area contributed by atoms with Gasteiger partial charge >= 0.3 is 5.69 Å². The number of nitrogens with one attached hydrogen (secondary N) is 2. The maximum absolute atomic E-state index is 11.4. The summed E-state index contributed by atoms with van der Waals surface area (Å²) in [5.41, 5.74) is -0.217. The van der Waals surface area contributed by atoms with E-state index in [9.17, 15) is 4.79 Å². The van der Waals surface area contributed by atoms with Gasteiger partial charge in [-0.05, 0) is 18.1 Å². The SMILES string of the molecule is COCC(C(C)C)n1c(=O)[nH][nH]c1=S. The van der Waals surface area contributed by atoms with Crippen LogP contribution >= 0.6 is 12.2 Å². The van der Waals surface area contributed by atoms with Crippen molar-refractivity contribution in [3.63, 3.8) is 0 Å². The molecule has 0 saturated heterocycles. The Morgan fingerprint density at radius 1 is 1.50 bits per heavy atom. The summed E-state index contributed by atoms with van der Waals surface area (Å²) in [7, 11) is 1.61. The fraction of sp³-hybridized carbons (Fsp3) is 0.750. The van der Waals surface area contributed by atoms with Crippen LogP contribution in [0.5, 0.6) is 0 Å². The van der Waals surface area contributed by atoms with Crippen LogP contribution in [0.2, 0.25) is 0 Å². The fourth-order valence-electron chi connectivity index (χ4n) is 1.36. The molecule has 1 atom stereocenters. The summed E-state index contributed by atoms with van der Waals surface area (Å²) >= 11 is 5.00. The van der Waals surface area contributed by atoms with E-state index in [1.807, 2.05) is 13.8 Å². The molecule has 14 heavy (non-hydrogen) atoms. The zero-order valence-electron chi connectivity index (χ0n) is 8.53. The molecular weight excluding hydrogens is 202 g/mol. The van der Waals surface area contributed by atoms with Gasteiger partial charge < -0.3 is 4.74 Å². The molecule has 0 amide bonds. The number of aromatic nitrogens is 3. The molecule has 0 aromatic carbocycles. The van der Waals surface area contributed by atoms with Crippen LogP contribution < -0.4 is 5.69 Å². The van der Waals surface area contributed by atoms with Crippen molar-refractivity contribution in [1.29, 1.82) is 0 Å². The summed E-state index contributed by atoms with van der Waals surface area (Å²) in [4.78, 5) is 11.4. The van der Waals surface area contributed by atoms with Gasteiger partial charge in [-0.3, -0.25) is 9.67 Å². The minimum absolute atomic E-state index is 0.0255. The Hall–Kier alpha value is -0.880. The first-order valence-corrected chi connectivity index (χ1v) is 4.87. The van der Waals surface area contributed by atoms with Crippen LogP contribution in [0.3, 0.4) is 0 Å². The number of nitrogens with zero attached hydrogens (tertiary/aromatic N) is 1. The quantitative estimate of drug-likeness (QED) is 0.742. The smallest absolute Gasteiger partial charge is 0.342 e. The van der Waals surface area contributed by atoms with Crippen LogP contribution in [0.4, 0.5) is 0 Å². The molecule has 80 valence electrons. The third-order valence-electron chi connectivity index (χ3n) is 2.15. The molecule has 1 aromatic heterocycles. The average molecular weight is 217 g/mol. The molecule has 1 heterocycles. The van der Waals surface area contributed by atoms with Gasteiger partial charge in [0.05, 0.1) is 12.6 Å². The molecule has 1 unspecified atom stereocenters. The number of ether oxygens (including phenoxy) is 1. The standard InChI is InChI=1S/C8H15N3O2S/c1-5(2)6(4-13-3)11-7(12)9-10-8(11)14/h5-6H,4H2,1-3H3,(H,9,12)(H,10,14). The lowest BCUT2D eigenvalue weighted by Crippen LogP contribution is -2.29. The first kappa shape index (κ1) is 11.2. The first-order chi connectivity index (χ1) is 6.57. The second-order valence-corrected chi connectivity index (χ2v) is 3.88. The zero-order valence-corrected chi connectivity index (χ0v) is 9.35. The molecule has 2 N–H and O–H groups in total. The summed E-state index contributed by atoms with van der Waals surface area (Å²) in [5, 5.41) is 5.07. The van der Waals surface area contributed by atoms with Gasteiger partial charge in [-0.15, -0.1) is 0 Å². The largest absolute Gasteiger partial charge is 0.383 e. The van der Waals surface area contributed by atoms with E-state index < -0.39 is 0 Å². The van der Waals surface area contributed by atoms with E-state index >= 15 is 0 Å². The Labute approximate surface area is 87.1 Å². The molecule has 0 saturated carbocycles. The van der Waals surface area contributed by atoms with Crippen molar-refractivity contribution in [1.82, 2.24) is 14.8 Å². The third kappa shape index (κ3) is 2.13. The number of H-pyrrole nitrogens is 2. The minimum Gasteiger partial charge on any atom is -0.383 e. The molecule has 6 heteroatoms. The Morgan fingerprint density at radius 2 is 2.14 bits per heavy atom. The van der Waals surface area contributed by atoms with Crippen molar-refractivity contribution in [2.45, 2.75) is 19.9 Å². The highest BCUT2D eigenvalue weighted by Crippen LogP contribution is 2.15.